The molecule has 116 valence electrons. The normalized spacial score (nSPS) is 11.3. The smallest absolute Gasteiger partial charge is 0.416 e. The summed E-state index contributed by atoms with van der Waals surface area (Å²) in [4.78, 5) is 11.3. The number of halogens is 4. The van der Waals surface area contributed by atoms with E-state index in [-0.39, 0.29) is 23.0 Å². The molecule has 22 heavy (non-hydrogen) atoms. The molecule has 2 aromatic carbocycles. The molecule has 0 heterocycles. The highest BCUT2D eigenvalue weighted by Gasteiger charge is 2.32. The number of rotatable bonds is 4. The molecule has 0 atom stereocenters. The molecule has 0 unspecified atom stereocenters. The van der Waals surface area contributed by atoms with Crippen molar-refractivity contribution in [3.63, 3.8) is 0 Å². The molecule has 0 radical (unpaired) electrons. The first-order valence-electron chi connectivity index (χ1n) is 6.37. The molecule has 0 aliphatic rings. The van der Waals surface area contributed by atoms with E-state index in [0.717, 1.165) is 6.07 Å². The summed E-state index contributed by atoms with van der Waals surface area (Å²) < 4.78 is 43.9. The quantitative estimate of drug-likeness (QED) is 0.726. The van der Waals surface area contributed by atoms with Crippen molar-refractivity contribution in [3.05, 3.63) is 64.2 Å². The van der Waals surface area contributed by atoms with Gasteiger partial charge in [-0.1, -0.05) is 29.8 Å². The van der Waals surface area contributed by atoms with Crippen LogP contribution in [0.25, 0.3) is 0 Å². The van der Waals surface area contributed by atoms with Gasteiger partial charge in [-0.05, 0) is 31.2 Å². The van der Waals surface area contributed by atoms with Crippen molar-refractivity contribution in [2.45, 2.75) is 19.7 Å². The molecule has 0 aliphatic carbocycles. The zero-order chi connectivity index (χ0) is 16.3. The van der Waals surface area contributed by atoms with Crippen LogP contribution >= 0.6 is 11.6 Å². The van der Waals surface area contributed by atoms with Crippen LogP contribution in [-0.4, -0.2) is 5.78 Å². The van der Waals surface area contributed by atoms with E-state index in [1.807, 2.05) is 0 Å². The number of alkyl halides is 3. The van der Waals surface area contributed by atoms with E-state index >= 15 is 0 Å². The van der Waals surface area contributed by atoms with Gasteiger partial charge < -0.3 is 4.74 Å². The van der Waals surface area contributed by atoms with E-state index in [2.05, 4.69) is 0 Å². The zero-order valence-corrected chi connectivity index (χ0v) is 12.3. The Bertz CT molecular complexity index is 696. The molecule has 0 saturated carbocycles. The Balaban J connectivity index is 2.18. The first kappa shape index (κ1) is 16.4. The van der Waals surface area contributed by atoms with E-state index in [1.54, 1.807) is 0 Å². The molecule has 2 rings (SSSR count). The summed E-state index contributed by atoms with van der Waals surface area (Å²) in [5, 5.41) is 0.203. The second kappa shape index (κ2) is 6.40. The van der Waals surface area contributed by atoms with Crippen molar-refractivity contribution >= 4 is 17.4 Å². The van der Waals surface area contributed by atoms with Crippen LogP contribution in [-0.2, 0) is 12.8 Å². The van der Waals surface area contributed by atoms with E-state index in [1.165, 1.54) is 43.3 Å². The number of hydrogen-bond acceptors (Lipinski definition) is 2. The van der Waals surface area contributed by atoms with Crippen LogP contribution in [0.3, 0.4) is 0 Å². The highest BCUT2D eigenvalue weighted by atomic mass is 35.5. The maximum absolute atomic E-state index is 12.9. The molecule has 0 N–H and O–H groups in total. The Kier molecular flexibility index (Phi) is 4.76. The van der Waals surface area contributed by atoms with Crippen LogP contribution < -0.4 is 4.74 Å². The largest absolute Gasteiger partial charge is 0.489 e. The molecule has 0 fully saturated rings. The van der Waals surface area contributed by atoms with Crippen molar-refractivity contribution in [3.8, 4) is 5.75 Å². The van der Waals surface area contributed by atoms with Gasteiger partial charge in [0.1, 0.15) is 12.4 Å². The van der Waals surface area contributed by atoms with Gasteiger partial charge in [0, 0.05) is 11.1 Å². The lowest BCUT2D eigenvalue weighted by atomic mass is 10.1. The van der Waals surface area contributed by atoms with Crippen molar-refractivity contribution in [2.75, 3.05) is 0 Å². The van der Waals surface area contributed by atoms with Crippen molar-refractivity contribution in [1.82, 2.24) is 0 Å². The topological polar surface area (TPSA) is 26.3 Å². The van der Waals surface area contributed by atoms with Gasteiger partial charge in [-0.3, -0.25) is 4.79 Å². The minimum atomic E-state index is -4.43. The Labute approximate surface area is 130 Å². The summed E-state index contributed by atoms with van der Waals surface area (Å²) in [5.41, 5.74) is -0.368. The van der Waals surface area contributed by atoms with Crippen LogP contribution in [0.2, 0.25) is 5.02 Å². The molecular formula is C16H12ClF3O2. The molecule has 0 bridgehead atoms. The summed E-state index contributed by atoms with van der Waals surface area (Å²) in [7, 11) is 0. The summed E-state index contributed by atoms with van der Waals surface area (Å²) in [6.45, 7) is 1.13. The third-order valence-electron chi connectivity index (χ3n) is 3.04. The molecule has 0 amide bonds. The van der Waals surface area contributed by atoms with E-state index < -0.39 is 11.7 Å². The fourth-order valence-electron chi connectivity index (χ4n) is 1.95. The Hall–Kier alpha value is -2.01. The van der Waals surface area contributed by atoms with Gasteiger partial charge in [-0.25, -0.2) is 0 Å². The number of Topliss-reactive ketones (excluding diaryl/α,β-unsaturated/α-hetero) is 1. The number of carbonyl (C=O) groups excluding carboxylic acids is 1. The van der Waals surface area contributed by atoms with E-state index in [9.17, 15) is 18.0 Å². The predicted octanol–water partition coefficient (Wildman–Crippen LogP) is 5.14. The summed E-state index contributed by atoms with van der Waals surface area (Å²) in [5.74, 6) is 0.103. The van der Waals surface area contributed by atoms with E-state index in [4.69, 9.17) is 16.3 Å². The highest BCUT2D eigenvalue weighted by Crippen LogP contribution is 2.32. The molecule has 0 aromatic heterocycles. The molecule has 2 aromatic rings. The maximum atomic E-state index is 12.9. The van der Waals surface area contributed by atoms with Crippen molar-refractivity contribution in [1.29, 1.82) is 0 Å². The van der Waals surface area contributed by atoms with Gasteiger partial charge in [0.2, 0.25) is 0 Å². The fraction of sp³-hybridized carbons (Fsp3) is 0.188. The molecule has 0 spiro atoms. The number of ether oxygens (including phenoxy) is 1. The average Bonchev–Trinajstić information content (AvgIpc) is 2.44. The van der Waals surface area contributed by atoms with Crippen LogP contribution in [0.1, 0.15) is 28.4 Å². The van der Waals surface area contributed by atoms with Gasteiger partial charge in [0.15, 0.2) is 5.78 Å². The lowest BCUT2D eigenvalue weighted by Gasteiger charge is -2.13. The van der Waals surface area contributed by atoms with Crippen LogP contribution in [0, 0.1) is 0 Å². The number of carbonyl (C=O) groups is 1. The lowest BCUT2D eigenvalue weighted by molar-refractivity contribution is -0.138. The average molecular weight is 329 g/mol. The standard InChI is InChI=1S/C16H12ClF3O2/c1-10(21)13-7-6-12(8-15(13)17)22-9-11-4-2-3-5-14(11)16(18,19)20/h2-8H,9H2,1H3. The van der Waals surface area contributed by atoms with Gasteiger partial charge in [0.05, 0.1) is 10.6 Å². The molecule has 6 heteroatoms. The Morgan fingerprint density at radius 3 is 2.45 bits per heavy atom. The molecule has 0 aliphatic heterocycles. The Morgan fingerprint density at radius 1 is 1.18 bits per heavy atom. The van der Waals surface area contributed by atoms with Crippen LogP contribution in [0.15, 0.2) is 42.5 Å². The van der Waals surface area contributed by atoms with Crippen molar-refractivity contribution in [2.24, 2.45) is 0 Å². The maximum Gasteiger partial charge on any atom is 0.416 e. The SMILES string of the molecule is CC(=O)c1ccc(OCc2ccccc2C(F)(F)F)cc1Cl. The first-order valence-corrected chi connectivity index (χ1v) is 6.75. The summed E-state index contributed by atoms with van der Waals surface area (Å²) in [6.07, 6.45) is -4.43. The number of ketones is 1. The monoisotopic (exact) mass is 328 g/mol. The van der Waals surface area contributed by atoms with Gasteiger partial charge >= 0.3 is 6.18 Å². The van der Waals surface area contributed by atoms with Gasteiger partial charge in [-0.15, -0.1) is 0 Å². The highest BCUT2D eigenvalue weighted by molar-refractivity contribution is 6.34. The second-order valence-electron chi connectivity index (χ2n) is 4.64. The lowest BCUT2D eigenvalue weighted by Crippen LogP contribution is -2.10. The minimum absolute atomic E-state index is 0.0294. The first-order chi connectivity index (χ1) is 10.3. The predicted molar refractivity (Wildman–Crippen MR) is 77.2 cm³/mol. The number of hydrogen-bond donors (Lipinski definition) is 0. The zero-order valence-electron chi connectivity index (χ0n) is 11.6. The van der Waals surface area contributed by atoms with Gasteiger partial charge in [0.25, 0.3) is 0 Å². The Morgan fingerprint density at radius 2 is 1.86 bits per heavy atom. The van der Waals surface area contributed by atoms with E-state index in [0.29, 0.717) is 11.3 Å². The van der Waals surface area contributed by atoms with Crippen LogP contribution in [0.4, 0.5) is 13.2 Å². The third-order valence-corrected chi connectivity index (χ3v) is 3.35. The fourth-order valence-corrected chi connectivity index (χ4v) is 2.26. The minimum Gasteiger partial charge on any atom is -0.489 e. The second-order valence-corrected chi connectivity index (χ2v) is 5.05. The molecular weight excluding hydrogens is 317 g/mol. The van der Waals surface area contributed by atoms with Crippen molar-refractivity contribution < 1.29 is 22.7 Å². The number of benzene rings is 2. The van der Waals surface area contributed by atoms with Crippen LogP contribution in [0.5, 0.6) is 5.75 Å². The molecule has 0 saturated heterocycles. The third kappa shape index (κ3) is 3.80. The molecule has 2 nitrogen and oxygen atoms in total. The summed E-state index contributed by atoms with van der Waals surface area (Å²) in [6, 6.07) is 9.59. The van der Waals surface area contributed by atoms with Gasteiger partial charge in [-0.2, -0.15) is 13.2 Å². The summed E-state index contributed by atoms with van der Waals surface area (Å²) >= 11 is 5.93.